The number of carboxylic acids is 3. The molecule has 0 radical (unpaired) electrons. The first-order valence-electron chi connectivity index (χ1n) is 12.4. The largest absolute Gasteiger partial charge is 0.490 e. The number of carboxylic acid groups (broad SMARTS) is 3. The van der Waals surface area contributed by atoms with Crippen LogP contribution >= 0.6 is 0 Å². The van der Waals surface area contributed by atoms with Crippen LogP contribution in [-0.2, 0) is 30.4 Å². The highest BCUT2D eigenvalue weighted by molar-refractivity contribution is 5.98. The molecule has 0 bridgehead atoms. The quantitative estimate of drug-likeness (QED) is 0.0855. The Hall–Kier alpha value is -5.87. The van der Waals surface area contributed by atoms with Crippen molar-refractivity contribution in [1.82, 2.24) is 15.6 Å². The number of alkyl halides is 3. The summed E-state index contributed by atoms with van der Waals surface area (Å²) in [4.78, 5) is 60.3. The Morgan fingerprint density at radius 1 is 0.955 bits per heavy atom. The van der Waals surface area contributed by atoms with Crippen LogP contribution in [0.25, 0.3) is 17.0 Å². The molecule has 0 aliphatic rings. The average Bonchev–Trinajstić information content (AvgIpc) is 3.34. The van der Waals surface area contributed by atoms with E-state index >= 15 is 0 Å². The lowest BCUT2D eigenvalue weighted by atomic mass is 10.0. The lowest BCUT2D eigenvalue weighted by Gasteiger charge is -2.20. The van der Waals surface area contributed by atoms with Crippen molar-refractivity contribution in [3.05, 3.63) is 71.9 Å². The van der Waals surface area contributed by atoms with Crippen molar-refractivity contribution in [2.45, 2.75) is 31.1 Å². The van der Waals surface area contributed by atoms with Crippen LogP contribution in [0.3, 0.4) is 0 Å². The van der Waals surface area contributed by atoms with Gasteiger partial charge in [-0.3, -0.25) is 19.8 Å². The third-order valence-electron chi connectivity index (χ3n) is 5.58. The predicted octanol–water partition coefficient (Wildman–Crippen LogP) is 1.89. The van der Waals surface area contributed by atoms with E-state index in [-0.39, 0.29) is 12.4 Å². The molecule has 2 aromatic carbocycles. The van der Waals surface area contributed by atoms with Gasteiger partial charge < -0.3 is 42.0 Å². The fourth-order valence-electron chi connectivity index (χ4n) is 3.60. The van der Waals surface area contributed by atoms with Crippen LogP contribution in [-0.4, -0.2) is 74.2 Å². The Bertz CT molecular complexity index is 1550. The number of carbonyl (C=O) groups excluding carboxylic acids is 2. The van der Waals surface area contributed by atoms with Crippen LogP contribution in [0.2, 0.25) is 0 Å². The smallest absolute Gasteiger partial charge is 0.481 e. The number of benzene rings is 2. The number of hydrogen-bond acceptors (Lipinski definition) is 6. The highest BCUT2D eigenvalue weighted by Gasteiger charge is 2.38. The number of H-pyrrole nitrogens is 1. The van der Waals surface area contributed by atoms with E-state index < -0.39 is 54.4 Å². The Morgan fingerprint density at radius 2 is 1.57 bits per heavy atom. The Balaban J connectivity index is 0.000000860. The second-order valence-electron chi connectivity index (χ2n) is 8.92. The number of amides is 2. The number of rotatable bonds is 11. The lowest BCUT2D eigenvalue weighted by Crippen LogP contribution is -2.52. The number of carbonyl (C=O) groups is 5. The molecule has 0 fully saturated rings. The van der Waals surface area contributed by atoms with Crippen LogP contribution in [0.5, 0.6) is 0 Å². The summed E-state index contributed by atoms with van der Waals surface area (Å²) in [6.07, 6.45) is -1.66. The molecule has 1 heterocycles. The number of hydrogen-bond donors (Lipinski definition) is 9. The number of halogens is 3. The summed E-state index contributed by atoms with van der Waals surface area (Å²) in [6, 6.07) is 11.0. The van der Waals surface area contributed by atoms with Crippen molar-refractivity contribution in [2.75, 3.05) is 5.32 Å². The molecule has 2 atom stereocenters. The minimum Gasteiger partial charge on any atom is -0.481 e. The molecule has 10 N–H and O–H groups in total. The fourth-order valence-corrected chi connectivity index (χ4v) is 3.60. The molecule has 44 heavy (non-hydrogen) atoms. The number of anilines is 1. The van der Waals surface area contributed by atoms with Crippen molar-refractivity contribution < 1.29 is 52.5 Å². The summed E-state index contributed by atoms with van der Waals surface area (Å²) in [6.45, 7) is 0. The number of guanidine groups is 1. The number of nitrogens with two attached hydrogens (primary N) is 1. The molecular weight excluding hydrogens is 593 g/mol. The van der Waals surface area contributed by atoms with Gasteiger partial charge in [-0.2, -0.15) is 13.2 Å². The summed E-state index contributed by atoms with van der Waals surface area (Å²) in [5, 5.41) is 41.3. The third-order valence-corrected chi connectivity index (χ3v) is 5.58. The molecule has 0 unspecified atom stereocenters. The number of aliphatic carboxylic acids is 3. The van der Waals surface area contributed by atoms with Crippen LogP contribution in [0.15, 0.2) is 60.8 Å². The first-order chi connectivity index (χ1) is 20.6. The van der Waals surface area contributed by atoms with Crippen LogP contribution in [0.4, 0.5) is 18.9 Å². The van der Waals surface area contributed by atoms with Crippen molar-refractivity contribution in [3.63, 3.8) is 0 Å². The second-order valence-corrected chi connectivity index (χ2v) is 8.92. The highest BCUT2D eigenvalue weighted by atomic mass is 19.4. The predicted molar refractivity (Wildman–Crippen MR) is 150 cm³/mol. The van der Waals surface area contributed by atoms with E-state index in [1.807, 2.05) is 18.2 Å². The summed E-state index contributed by atoms with van der Waals surface area (Å²) in [5.74, 6) is -7.31. The normalized spacial score (nSPS) is 12.3. The van der Waals surface area contributed by atoms with E-state index in [0.29, 0.717) is 16.8 Å². The molecule has 0 aliphatic carbocycles. The van der Waals surface area contributed by atoms with E-state index in [4.69, 9.17) is 21.0 Å². The number of para-hydroxylation sites is 1. The first kappa shape index (κ1) is 34.3. The Kier molecular flexibility index (Phi) is 12.0. The van der Waals surface area contributed by atoms with Crippen LogP contribution < -0.4 is 21.7 Å². The zero-order valence-corrected chi connectivity index (χ0v) is 22.5. The van der Waals surface area contributed by atoms with Gasteiger partial charge in [0.1, 0.15) is 12.1 Å². The molecule has 14 nitrogen and oxygen atoms in total. The van der Waals surface area contributed by atoms with Crippen molar-refractivity contribution >= 4 is 58.3 Å². The topological polar surface area (TPSA) is 248 Å². The van der Waals surface area contributed by atoms with Gasteiger partial charge in [-0.25, -0.2) is 9.59 Å². The molecule has 0 saturated heterocycles. The zero-order valence-electron chi connectivity index (χ0n) is 22.5. The molecule has 1 aromatic heterocycles. The molecule has 2 amide bonds. The van der Waals surface area contributed by atoms with Crippen LogP contribution in [0, 0.1) is 5.41 Å². The van der Waals surface area contributed by atoms with Crippen molar-refractivity contribution in [1.29, 1.82) is 5.41 Å². The van der Waals surface area contributed by atoms with Crippen molar-refractivity contribution in [2.24, 2.45) is 5.73 Å². The summed E-state index contributed by atoms with van der Waals surface area (Å²) >= 11 is 0. The van der Waals surface area contributed by atoms with E-state index in [0.717, 1.165) is 17.0 Å². The average molecular weight is 621 g/mol. The molecule has 0 aliphatic heterocycles. The molecule has 0 saturated carbocycles. The van der Waals surface area contributed by atoms with Gasteiger partial charge in [0.2, 0.25) is 11.8 Å². The SMILES string of the molecule is N=C(N)Nc1ccc(C=CC(=O)N[C@@H](CC(=O)O)C(=O)N[C@@H](Cc2c[nH]c3ccccc23)C(=O)O)cc1.O=C(O)C(F)(F)F. The van der Waals surface area contributed by atoms with Gasteiger partial charge in [0, 0.05) is 35.3 Å². The maximum absolute atomic E-state index is 12.8. The molecule has 234 valence electrons. The van der Waals surface area contributed by atoms with E-state index in [1.54, 1.807) is 36.5 Å². The molecule has 17 heteroatoms. The maximum atomic E-state index is 12.8. The van der Waals surface area contributed by atoms with Gasteiger partial charge in [0.15, 0.2) is 5.96 Å². The standard InChI is InChI=1S/C25H26N6O6.C2HF3O2/c26-25(27)29-16-8-5-14(6-9-16)7-10-21(32)30-19(12-22(33)34)23(35)31-20(24(36)37)11-15-13-28-18-4-2-1-3-17(15)18;3-2(4,5)1(6)7/h1-10,13,19-20,28H,11-12H2,(H,30,32)(H,31,35)(H,33,34)(H,36,37)(H4,26,27,29);(H,6,7)/t19-,20-;/m0./s1. The van der Waals surface area contributed by atoms with Gasteiger partial charge in [-0.1, -0.05) is 30.3 Å². The monoisotopic (exact) mass is 620 g/mol. The van der Waals surface area contributed by atoms with Gasteiger partial charge in [-0.05, 0) is 35.4 Å². The number of fused-ring (bicyclic) bond motifs is 1. The molecule has 0 spiro atoms. The second kappa shape index (κ2) is 15.4. The molecule has 3 rings (SSSR count). The maximum Gasteiger partial charge on any atom is 0.490 e. The van der Waals surface area contributed by atoms with Gasteiger partial charge in [0.05, 0.1) is 6.42 Å². The van der Waals surface area contributed by atoms with Crippen molar-refractivity contribution in [3.8, 4) is 0 Å². The van der Waals surface area contributed by atoms with E-state index in [9.17, 15) is 42.6 Å². The molecular formula is C27H27F3N6O8. The van der Waals surface area contributed by atoms with Gasteiger partial charge in [-0.15, -0.1) is 0 Å². The number of aromatic nitrogens is 1. The highest BCUT2D eigenvalue weighted by Crippen LogP contribution is 2.19. The lowest BCUT2D eigenvalue weighted by molar-refractivity contribution is -0.192. The first-order valence-corrected chi connectivity index (χ1v) is 12.4. The fraction of sp³-hybridized carbons (Fsp3) is 0.185. The third kappa shape index (κ3) is 11.2. The summed E-state index contributed by atoms with van der Waals surface area (Å²) < 4.78 is 31.7. The number of aromatic amines is 1. The Morgan fingerprint density at radius 3 is 2.11 bits per heavy atom. The zero-order chi connectivity index (χ0) is 33.0. The molecule has 3 aromatic rings. The van der Waals surface area contributed by atoms with E-state index in [1.165, 1.54) is 6.08 Å². The summed E-state index contributed by atoms with van der Waals surface area (Å²) in [5.41, 5.74) is 7.93. The van der Waals surface area contributed by atoms with Gasteiger partial charge >= 0.3 is 24.1 Å². The van der Waals surface area contributed by atoms with E-state index in [2.05, 4.69) is 20.9 Å². The van der Waals surface area contributed by atoms with Crippen LogP contribution in [0.1, 0.15) is 17.5 Å². The Labute approximate surface area is 246 Å². The van der Waals surface area contributed by atoms with Gasteiger partial charge in [0.25, 0.3) is 0 Å². The minimum absolute atomic E-state index is 0.0484. The number of nitrogens with one attached hydrogen (secondary N) is 5. The summed E-state index contributed by atoms with van der Waals surface area (Å²) in [7, 11) is 0. The minimum atomic E-state index is -5.08.